The van der Waals surface area contributed by atoms with Gasteiger partial charge in [-0.15, -0.1) is 0 Å². The first-order chi connectivity index (χ1) is 9.95. The van der Waals surface area contributed by atoms with Gasteiger partial charge in [-0.25, -0.2) is 4.79 Å². The Morgan fingerprint density at radius 3 is 2.95 bits per heavy atom. The van der Waals surface area contributed by atoms with E-state index in [0.29, 0.717) is 13.2 Å². The largest absolute Gasteiger partial charge is 0.479 e. The summed E-state index contributed by atoms with van der Waals surface area (Å²) in [6.07, 6.45) is -0.860. The molecule has 0 bridgehead atoms. The second kappa shape index (κ2) is 7.02. The maximum Gasteiger partial charge on any atom is 0.334 e. The van der Waals surface area contributed by atoms with Crippen LogP contribution in [0.15, 0.2) is 22.7 Å². The first kappa shape index (κ1) is 15.9. The highest BCUT2D eigenvalue weighted by Gasteiger charge is 2.27. The van der Waals surface area contributed by atoms with Gasteiger partial charge in [0, 0.05) is 23.2 Å². The molecule has 2 N–H and O–H groups in total. The lowest BCUT2D eigenvalue weighted by Gasteiger charge is -2.30. The lowest BCUT2D eigenvalue weighted by atomic mass is 10.2. The molecule has 0 aromatic heterocycles. The number of carbonyl (C=O) groups excluding carboxylic acids is 1. The number of morpholine rings is 1. The van der Waals surface area contributed by atoms with Crippen LogP contribution in [0.3, 0.4) is 0 Å². The van der Waals surface area contributed by atoms with E-state index < -0.39 is 12.1 Å². The van der Waals surface area contributed by atoms with E-state index in [-0.39, 0.29) is 19.0 Å². The lowest BCUT2D eigenvalue weighted by Crippen LogP contribution is -2.48. The second-order valence-corrected chi connectivity index (χ2v) is 5.80. The molecule has 6 nitrogen and oxygen atoms in total. The number of amides is 1. The molecule has 0 aliphatic carbocycles. The third-order valence-corrected chi connectivity index (χ3v) is 4.12. The molecule has 114 valence electrons. The number of hydrogen-bond donors (Lipinski definition) is 2. The van der Waals surface area contributed by atoms with Gasteiger partial charge in [-0.2, -0.15) is 0 Å². The van der Waals surface area contributed by atoms with E-state index in [1.807, 2.05) is 25.1 Å². The van der Waals surface area contributed by atoms with Crippen LogP contribution in [0, 0.1) is 6.92 Å². The Balaban J connectivity index is 1.89. The van der Waals surface area contributed by atoms with Crippen LogP contribution in [0.5, 0.6) is 0 Å². The minimum absolute atomic E-state index is 0.155. The molecule has 1 aromatic carbocycles. The summed E-state index contributed by atoms with van der Waals surface area (Å²) in [5.41, 5.74) is 1.76. The van der Waals surface area contributed by atoms with Crippen molar-refractivity contribution in [1.82, 2.24) is 4.90 Å². The normalized spacial score (nSPS) is 19.2. The van der Waals surface area contributed by atoms with Gasteiger partial charge in [0.1, 0.15) is 0 Å². The molecule has 1 fully saturated rings. The van der Waals surface area contributed by atoms with Crippen LogP contribution in [0.4, 0.5) is 5.69 Å². The minimum atomic E-state index is -0.997. The number of benzene rings is 1. The van der Waals surface area contributed by atoms with Gasteiger partial charge < -0.3 is 15.2 Å². The average Bonchev–Trinajstić information content (AvgIpc) is 2.43. The molecule has 1 amide bonds. The van der Waals surface area contributed by atoms with E-state index in [9.17, 15) is 9.59 Å². The Bertz CT molecular complexity index is 550. The van der Waals surface area contributed by atoms with Gasteiger partial charge in [-0.1, -0.05) is 15.9 Å². The van der Waals surface area contributed by atoms with Gasteiger partial charge in [0.2, 0.25) is 5.91 Å². The van der Waals surface area contributed by atoms with Crippen LogP contribution < -0.4 is 5.32 Å². The molecule has 7 heteroatoms. The quantitative estimate of drug-likeness (QED) is 0.854. The van der Waals surface area contributed by atoms with E-state index in [2.05, 4.69) is 21.2 Å². The van der Waals surface area contributed by atoms with Crippen LogP contribution in [-0.2, 0) is 14.3 Å². The number of aliphatic carboxylic acids is 1. The Kier molecular flexibility index (Phi) is 5.33. The van der Waals surface area contributed by atoms with Crippen LogP contribution in [0.2, 0.25) is 0 Å². The number of halogens is 1. The van der Waals surface area contributed by atoms with E-state index in [0.717, 1.165) is 15.7 Å². The summed E-state index contributed by atoms with van der Waals surface area (Å²) in [4.78, 5) is 24.7. The summed E-state index contributed by atoms with van der Waals surface area (Å²) in [5.74, 6) is -1.16. The first-order valence-corrected chi connectivity index (χ1v) is 7.38. The Morgan fingerprint density at radius 2 is 2.29 bits per heavy atom. The number of nitrogens with zero attached hydrogens (tertiary/aromatic N) is 1. The standard InChI is InChI=1S/C14H17BrN2O4/c1-9-6-10(2-3-11(9)15)16-13(18)8-17-4-5-21-12(7-17)14(19)20/h2-3,6,12H,4-5,7-8H2,1H3,(H,16,18)(H,19,20). The highest BCUT2D eigenvalue weighted by atomic mass is 79.9. The van der Waals surface area contributed by atoms with Gasteiger partial charge in [-0.3, -0.25) is 9.69 Å². The van der Waals surface area contributed by atoms with Gasteiger partial charge in [0.15, 0.2) is 6.10 Å². The van der Waals surface area contributed by atoms with Crippen LogP contribution in [0.25, 0.3) is 0 Å². The topological polar surface area (TPSA) is 78.9 Å². The number of anilines is 1. The predicted molar refractivity (Wildman–Crippen MR) is 81.3 cm³/mol. The summed E-state index contributed by atoms with van der Waals surface area (Å²) < 4.78 is 6.10. The van der Waals surface area contributed by atoms with Crippen LogP contribution in [-0.4, -0.2) is 54.2 Å². The van der Waals surface area contributed by atoms with Crippen molar-refractivity contribution < 1.29 is 19.4 Å². The van der Waals surface area contributed by atoms with E-state index in [1.165, 1.54) is 0 Å². The molecule has 2 rings (SSSR count). The zero-order chi connectivity index (χ0) is 15.4. The molecule has 1 atom stereocenters. The average molecular weight is 357 g/mol. The lowest BCUT2D eigenvalue weighted by molar-refractivity contribution is -0.156. The van der Waals surface area contributed by atoms with Crippen molar-refractivity contribution >= 4 is 33.5 Å². The molecule has 1 unspecified atom stereocenters. The van der Waals surface area contributed by atoms with Crippen LogP contribution in [0.1, 0.15) is 5.56 Å². The molecule has 1 aliphatic rings. The van der Waals surface area contributed by atoms with Crippen molar-refractivity contribution in [2.75, 3.05) is 31.6 Å². The van der Waals surface area contributed by atoms with E-state index >= 15 is 0 Å². The molecule has 1 heterocycles. The van der Waals surface area contributed by atoms with Gasteiger partial charge in [0.25, 0.3) is 0 Å². The van der Waals surface area contributed by atoms with Gasteiger partial charge in [0.05, 0.1) is 13.2 Å². The molecule has 0 spiro atoms. The van der Waals surface area contributed by atoms with E-state index in [1.54, 1.807) is 4.90 Å². The third-order valence-electron chi connectivity index (χ3n) is 3.23. The Morgan fingerprint density at radius 1 is 1.52 bits per heavy atom. The van der Waals surface area contributed by atoms with Crippen molar-refractivity contribution in [3.05, 3.63) is 28.2 Å². The molecule has 1 aliphatic heterocycles. The number of hydrogen-bond acceptors (Lipinski definition) is 4. The fourth-order valence-corrected chi connectivity index (χ4v) is 2.37. The summed E-state index contributed by atoms with van der Waals surface area (Å²) in [6.45, 7) is 3.20. The SMILES string of the molecule is Cc1cc(NC(=O)CN2CCOC(C(=O)O)C2)ccc1Br. The highest BCUT2D eigenvalue weighted by Crippen LogP contribution is 2.20. The zero-order valence-electron chi connectivity index (χ0n) is 11.6. The third kappa shape index (κ3) is 4.52. The number of carboxylic acids is 1. The van der Waals surface area contributed by atoms with Crippen molar-refractivity contribution in [3.63, 3.8) is 0 Å². The molecular weight excluding hydrogens is 340 g/mol. The van der Waals surface area contributed by atoms with E-state index in [4.69, 9.17) is 9.84 Å². The Labute approximate surface area is 131 Å². The fourth-order valence-electron chi connectivity index (χ4n) is 2.12. The van der Waals surface area contributed by atoms with Crippen molar-refractivity contribution in [2.24, 2.45) is 0 Å². The summed E-state index contributed by atoms with van der Waals surface area (Å²) in [5, 5.41) is 11.7. The first-order valence-electron chi connectivity index (χ1n) is 6.58. The molecule has 0 radical (unpaired) electrons. The van der Waals surface area contributed by atoms with Crippen molar-refractivity contribution in [2.45, 2.75) is 13.0 Å². The maximum atomic E-state index is 12.0. The second-order valence-electron chi connectivity index (χ2n) is 4.94. The summed E-state index contributed by atoms with van der Waals surface area (Å²) in [6, 6.07) is 5.57. The Hall–Kier alpha value is -1.44. The molecule has 21 heavy (non-hydrogen) atoms. The predicted octanol–water partition coefficient (Wildman–Crippen LogP) is 1.48. The molecule has 0 saturated carbocycles. The molecular formula is C14H17BrN2O4. The fraction of sp³-hybridized carbons (Fsp3) is 0.429. The van der Waals surface area contributed by atoms with Crippen molar-refractivity contribution in [3.8, 4) is 0 Å². The summed E-state index contributed by atoms with van der Waals surface area (Å²) >= 11 is 3.40. The molecule has 1 aromatic rings. The van der Waals surface area contributed by atoms with Gasteiger partial charge in [-0.05, 0) is 30.7 Å². The number of carboxylic acid groups (broad SMARTS) is 1. The molecule has 1 saturated heterocycles. The highest BCUT2D eigenvalue weighted by molar-refractivity contribution is 9.10. The van der Waals surface area contributed by atoms with Crippen molar-refractivity contribution in [1.29, 1.82) is 0 Å². The minimum Gasteiger partial charge on any atom is -0.479 e. The number of nitrogens with one attached hydrogen (secondary N) is 1. The smallest absolute Gasteiger partial charge is 0.334 e. The number of aryl methyl sites for hydroxylation is 1. The van der Waals surface area contributed by atoms with Gasteiger partial charge >= 0.3 is 5.97 Å². The monoisotopic (exact) mass is 356 g/mol. The summed E-state index contributed by atoms with van der Waals surface area (Å²) in [7, 11) is 0. The number of rotatable bonds is 4. The zero-order valence-corrected chi connectivity index (χ0v) is 13.2. The number of ether oxygens (including phenoxy) is 1. The van der Waals surface area contributed by atoms with Crippen LogP contribution >= 0.6 is 15.9 Å². The number of carbonyl (C=O) groups is 2. The maximum absolute atomic E-state index is 12.0.